The number of nitrogens with zero attached hydrogens (tertiary/aromatic N) is 2. The number of benzene rings is 2. The Morgan fingerprint density at radius 2 is 1.63 bits per heavy atom. The van der Waals surface area contributed by atoms with Crippen molar-refractivity contribution in [2.75, 3.05) is 4.31 Å². The molecule has 2 N–H and O–H groups in total. The van der Waals surface area contributed by atoms with E-state index in [2.05, 4.69) is 4.98 Å². The molecule has 0 aliphatic carbocycles. The summed E-state index contributed by atoms with van der Waals surface area (Å²) in [6, 6.07) is 15.1. The Balaban J connectivity index is 2.11. The summed E-state index contributed by atoms with van der Waals surface area (Å²) in [7, 11) is -4.18. The van der Waals surface area contributed by atoms with Crippen LogP contribution in [0.25, 0.3) is 0 Å². The molecule has 0 radical (unpaired) electrons. The quantitative estimate of drug-likeness (QED) is 0.589. The van der Waals surface area contributed by atoms with Crippen LogP contribution in [0.4, 0.5) is 19.0 Å². The van der Waals surface area contributed by atoms with Gasteiger partial charge in [-0.2, -0.15) is 13.2 Å². The molecule has 0 spiro atoms. The summed E-state index contributed by atoms with van der Waals surface area (Å²) in [4.78, 5) is 3.68. The fourth-order valence-electron chi connectivity index (χ4n) is 2.72. The molecule has 0 aliphatic heterocycles. The van der Waals surface area contributed by atoms with Crippen LogP contribution in [0.3, 0.4) is 0 Å². The topological polar surface area (TPSA) is 76.3 Å². The fourth-order valence-corrected chi connectivity index (χ4v) is 4.46. The number of rotatable bonds is 6. The van der Waals surface area contributed by atoms with E-state index in [1.54, 1.807) is 42.5 Å². The molecule has 0 fully saturated rings. The molecule has 0 atom stereocenters. The zero-order valence-corrected chi connectivity index (χ0v) is 17.0. The number of sulfonamides is 1. The van der Waals surface area contributed by atoms with Gasteiger partial charge in [-0.3, -0.25) is 0 Å². The maximum absolute atomic E-state index is 13.3. The first-order valence-corrected chi connectivity index (χ1v) is 10.5. The molecular formula is C20H17ClF3N3O2S. The minimum absolute atomic E-state index is 0.0617. The molecule has 0 aliphatic rings. The lowest BCUT2D eigenvalue weighted by atomic mass is 10.2. The Morgan fingerprint density at radius 3 is 2.17 bits per heavy atom. The highest BCUT2D eigenvalue weighted by Gasteiger charge is 2.34. The lowest BCUT2D eigenvalue weighted by Gasteiger charge is -2.25. The van der Waals surface area contributed by atoms with E-state index >= 15 is 0 Å². The van der Waals surface area contributed by atoms with Crippen molar-refractivity contribution in [3.8, 4) is 0 Å². The van der Waals surface area contributed by atoms with Crippen molar-refractivity contribution in [3.05, 3.63) is 88.6 Å². The van der Waals surface area contributed by atoms with Gasteiger partial charge in [-0.25, -0.2) is 17.7 Å². The molecule has 158 valence electrons. The van der Waals surface area contributed by atoms with Crippen LogP contribution in [0.2, 0.25) is 5.02 Å². The second-order valence-corrected chi connectivity index (χ2v) is 8.64. The molecule has 0 bridgehead atoms. The van der Waals surface area contributed by atoms with Gasteiger partial charge in [0, 0.05) is 12.7 Å². The van der Waals surface area contributed by atoms with E-state index in [9.17, 15) is 21.6 Å². The number of pyridine rings is 1. The molecule has 0 saturated carbocycles. The second kappa shape index (κ2) is 8.63. The van der Waals surface area contributed by atoms with Gasteiger partial charge in [0.05, 0.1) is 22.0 Å². The van der Waals surface area contributed by atoms with Crippen molar-refractivity contribution >= 4 is 27.4 Å². The Morgan fingerprint density at radius 1 is 1.00 bits per heavy atom. The van der Waals surface area contributed by atoms with Crippen LogP contribution in [-0.2, 0) is 29.3 Å². The van der Waals surface area contributed by atoms with Crippen LogP contribution in [-0.4, -0.2) is 13.4 Å². The van der Waals surface area contributed by atoms with Crippen LogP contribution in [0.5, 0.6) is 0 Å². The summed E-state index contributed by atoms with van der Waals surface area (Å²) in [6.07, 6.45) is -4.09. The van der Waals surface area contributed by atoms with E-state index in [-0.39, 0.29) is 23.8 Å². The molecule has 1 aromatic heterocycles. The predicted molar refractivity (Wildman–Crippen MR) is 108 cm³/mol. The summed E-state index contributed by atoms with van der Waals surface area (Å²) in [5.41, 5.74) is 5.82. The molecular weight excluding hydrogens is 439 g/mol. The number of alkyl halides is 3. The first-order valence-electron chi connectivity index (χ1n) is 8.71. The summed E-state index contributed by atoms with van der Waals surface area (Å²) in [6.45, 7) is 0.0697. The fraction of sp³-hybridized carbons (Fsp3) is 0.150. The zero-order valence-electron chi connectivity index (χ0n) is 15.5. The highest BCUT2D eigenvalue weighted by atomic mass is 35.5. The average molecular weight is 456 g/mol. The summed E-state index contributed by atoms with van der Waals surface area (Å²) < 4.78 is 66.5. The Kier molecular flexibility index (Phi) is 6.35. The average Bonchev–Trinajstić information content (AvgIpc) is 2.72. The van der Waals surface area contributed by atoms with Gasteiger partial charge >= 0.3 is 6.18 Å². The van der Waals surface area contributed by atoms with Gasteiger partial charge in [0.2, 0.25) is 0 Å². The van der Waals surface area contributed by atoms with Crippen molar-refractivity contribution in [2.24, 2.45) is 5.73 Å². The highest BCUT2D eigenvalue weighted by Crippen LogP contribution is 2.35. The number of nitrogens with two attached hydrogens (primary N) is 1. The first-order chi connectivity index (χ1) is 14.1. The standard InChI is InChI=1S/C20H17ClF3N3O2S/c21-18-10-16(20(22,23)24)12-26-19(18)27(13-15-4-2-1-3-5-15)30(28,29)17-8-6-14(11-25)7-9-17/h1-10,12H,11,13,25H2. The molecule has 3 aromatic rings. The van der Waals surface area contributed by atoms with E-state index in [0.29, 0.717) is 17.8 Å². The van der Waals surface area contributed by atoms with Crippen LogP contribution >= 0.6 is 11.6 Å². The molecule has 1 heterocycles. The van der Waals surface area contributed by atoms with E-state index in [1.165, 1.54) is 12.1 Å². The molecule has 3 rings (SSSR count). The van der Waals surface area contributed by atoms with Gasteiger partial charge in [-0.15, -0.1) is 0 Å². The molecule has 10 heteroatoms. The molecule has 5 nitrogen and oxygen atoms in total. The minimum atomic E-state index is -4.66. The summed E-state index contributed by atoms with van der Waals surface area (Å²) in [5, 5.41) is -0.428. The van der Waals surface area contributed by atoms with Crippen molar-refractivity contribution in [3.63, 3.8) is 0 Å². The second-order valence-electron chi connectivity index (χ2n) is 6.37. The monoisotopic (exact) mass is 455 g/mol. The third-order valence-corrected chi connectivity index (χ3v) is 6.33. The third-order valence-electron chi connectivity index (χ3n) is 4.30. The van der Waals surface area contributed by atoms with Crippen molar-refractivity contribution in [1.29, 1.82) is 0 Å². The van der Waals surface area contributed by atoms with Crippen LogP contribution < -0.4 is 10.0 Å². The molecule has 0 amide bonds. The zero-order chi connectivity index (χ0) is 21.9. The van der Waals surface area contributed by atoms with Gasteiger partial charge in [-0.05, 0) is 29.3 Å². The molecule has 30 heavy (non-hydrogen) atoms. The third kappa shape index (κ3) is 4.75. The van der Waals surface area contributed by atoms with Crippen LogP contribution in [0.1, 0.15) is 16.7 Å². The number of anilines is 1. The summed E-state index contributed by atoms with van der Waals surface area (Å²) >= 11 is 6.05. The number of halogens is 4. The lowest BCUT2D eigenvalue weighted by Crippen LogP contribution is -2.31. The van der Waals surface area contributed by atoms with Crippen LogP contribution in [0.15, 0.2) is 71.8 Å². The molecule has 0 unspecified atom stereocenters. The normalized spacial score (nSPS) is 12.0. The van der Waals surface area contributed by atoms with Crippen LogP contribution in [0, 0.1) is 0 Å². The van der Waals surface area contributed by atoms with Gasteiger partial charge in [0.25, 0.3) is 10.0 Å². The lowest BCUT2D eigenvalue weighted by molar-refractivity contribution is -0.137. The van der Waals surface area contributed by atoms with E-state index in [1.807, 2.05) is 0 Å². The smallest absolute Gasteiger partial charge is 0.326 e. The SMILES string of the molecule is NCc1ccc(S(=O)(=O)N(Cc2ccccc2)c2ncc(C(F)(F)F)cc2Cl)cc1. The first kappa shape index (κ1) is 22.1. The maximum Gasteiger partial charge on any atom is 0.417 e. The van der Waals surface area contributed by atoms with Crippen molar-refractivity contribution in [2.45, 2.75) is 24.2 Å². The predicted octanol–water partition coefficient (Wildman–Crippen LogP) is 4.61. The van der Waals surface area contributed by atoms with Gasteiger partial charge < -0.3 is 5.73 Å². The molecule has 2 aromatic carbocycles. The number of hydrogen-bond donors (Lipinski definition) is 1. The van der Waals surface area contributed by atoms with E-state index in [0.717, 1.165) is 9.87 Å². The maximum atomic E-state index is 13.3. The number of aromatic nitrogens is 1. The van der Waals surface area contributed by atoms with Gasteiger partial charge in [-0.1, -0.05) is 54.1 Å². The number of hydrogen-bond acceptors (Lipinski definition) is 4. The van der Waals surface area contributed by atoms with E-state index < -0.39 is 26.8 Å². The Labute approximate surface area is 177 Å². The Bertz CT molecular complexity index is 1120. The molecule has 0 saturated heterocycles. The van der Waals surface area contributed by atoms with Gasteiger partial charge in [0.1, 0.15) is 0 Å². The Hall–Kier alpha value is -2.62. The highest BCUT2D eigenvalue weighted by molar-refractivity contribution is 7.92. The van der Waals surface area contributed by atoms with Gasteiger partial charge in [0.15, 0.2) is 5.82 Å². The largest absolute Gasteiger partial charge is 0.417 e. The van der Waals surface area contributed by atoms with E-state index in [4.69, 9.17) is 17.3 Å². The summed E-state index contributed by atoms with van der Waals surface area (Å²) in [5.74, 6) is -0.295. The van der Waals surface area contributed by atoms with Crippen molar-refractivity contribution in [1.82, 2.24) is 4.98 Å². The minimum Gasteiger partial charge on any atom is -0.326 e. The van der Waals surface area contributed by atoms with Crippen molar-refractivity contribution < 1.29 is 21.6 Å².